The Morgan fingerprint density at radius 1 is 1.28 bits per heavy atom. The predicted molar refractivity (Wildman–Crippen MR) is 65.0 cm³/mol. The van der Waals surface area contributed by atoms with Gasteiger partial charge < -0.3 is 25.6 Å². The molecular formula is C11H22N2O5. The molecule has 0 aliphatic heterocycles. The highest BCUT2D eigenvalue weighted by Gasteiger charge is 2.17. The maximum atomic E-state index is 11.4. The highest BCUT2D eigenvalue weighted by atomic mass is 16.6. The minimum atomic E-state index is -0.680. The van der Waals surface area contributed by atoms with E-state index in [1.165, 1.54) is 0 Å². The number of carbonyl (C=O) groups is 2. The van der Waals surface area contributed by atoms with Crippen molar-refractivity contribution >= 4 is 12.0 Å². The third-order valence-electron chi connectivity index (χ3n) is 1.86. The first-order chi connectivity index (χ1) is 8.28. The monoisotopic (exact) mass is 262 g/mol. The zero-order chi connectivity index (χ0) is 14.2. The summed E-state index contributed by atoms with van der Waals surface area (Å²) in [7, 11) is 0. The van der Waals surface area contributed by atoms with Gasteiger partial charge in [-0.15, -0.1) is 0 Å². The van der Waals surface area contributed by atoms with Crippen LogP contribution in [0.2, 0.25) is 0 Å². The summed E-state index contributed by atoms with van der Waals surface area (Å²) in [6.45, 7) is 4.52. The van der Waals surface area contributed by atoms with Gasteiger partial charge in [0.05, 0.1) is 12.6 Å². The van der Waals surface area contributed by atoms with Gasteiger partial charge in [-0.3, -0.25) is 4.79 Å². The first-order valence-corrected chi connectivity index (χ1v) is 5.76. The van der Waals surface area contributed by atoms with Crippen LogP contribution in [-0.2, 0) is 9.53 Å². The lowest BCUT2D eigenvalue weighted by Crippen LogP contribution is -2.44. The lowest BCUT2D eigenvalue weighted by molar-refractivity contribution is -0.121. The molecule has 7 nitrogen and oxygen atoms in total. The quantitative estimate of drug-likeness (QED) is 0.510. The van der Waals surface area contributed by atoms with Crippen molar-refractivity contribution in [3.63, 3.8) is 0 Å². The van der Waals surface area contributed by atoms with E-state index < -0.39 is 23.6 Å². The Labute approximate surface area is 107 Å². The summed E-state index contributed by atoms with van der Waals surface area (Å²) in [6, 6.07) is -0.511. The largest absolute Gasteiger partial charge is 0.444 e. The van der Waals surface area contributed by atoms with Gasteiger partial charge in [0.25, 0.3) is 0 Å². The van der Waals surface area contributed by atoms with Gasteiger partial charge in [0.2, 0.25) is 5.91 Å². The number of carbonyl (C=O) groups excluding carboxylic acids is 2. The summed E-state index contributed by atoms with van der Waals surface area (Å²) in [5.41, 5.74) is -0.620. The van der Waals surface area contributed by atoms with Crippen LogP contribution in [0.3, 0.4) is 0 Å². The molecule has 0 heterocycles. The van der Waals surface area contributed by atoms with E-state index in [1.807, 2.05) is 0 Å². The fourth-order valence-electron chi connectivity index (χ4n) is 1.11. The van der Waals surface area contributed by atoms with Crippen LogP contribution < -0.4 is 10.6 Å². The Morgan fingerprint density at radius 2 is 1.89 bits per heavy atom. The standard InChI is InChI=1S/C11H22N2O5/c1-11(2,3)18-10(17)12-6-9(16)13-8(7-15)4-5-14/h8,14-15H,4-7H2,1-3H3,(H,12,17)(H,13,16)/t8-/m0/s1. The average molecular weight is 262 g/mol. The second-order valence-corrected chi connectivity index (χ2v) is 4.81. The van der Waals surface area contributed by atoms with Crippen LogP contribution in [0.1, 0.15) is 27.2 Å². The molecule has 0 aliphatic rings. The molecule has 7 heteroatoms. The number of hydrogen-bond acceptors (Lipinski definition) is 5. The lowest BCUT2D eigenvalue weighted by Gasteiger charge is -2.20. The molecule has 2 amide bonds. The fourth-order valence-corrected chi connectivity index (χ4v) is 1.11. The van der Waals surface area contributed by atoms with Crippen molar-refractivity contribution in [2.24, 2.45) is 0 Å². The third kappa shape index (κ3) is 8.77. The molecule has 0 saturated heterocycles. The third-order valence-corrected chi connectivity index (χ3v) is 1.86. The molecular weight excluding hydrogens is 240 g/mol. The van der Waals surface area contributed by atoms with E-state index in [0.717, 1.165) is 0 Å². The molecule has 0 fully saturated rings. The first kappa shape index (κ1) is 16.7. The average Bonchev–Trinajstić information content (AvgIpc) is 2.23. The van der Waals surface area contributed by atoms with E-state index in [9.17, 15) is 9.59 Å². The van der Waals surface area contributed by atoms with Crippen LogP contribution in [0, 0.1) is 0 Å². The number of aliphatic hydroxyl groups excluding tert-OH is 2. The van der Waals surface area contributed by atoms with Gasteiger partial charge in [-0.2, -0.15) is 0 Å². The molecule has 1 atom stereocenters. The van der Waals surface area contributed by atoms with Crippen molar-refractivity contribution < 1.29 is 24.5 Å². The molecule has 0 unspecified atom stereocenters. The van der Waals surface area contributed by atoms with Gasteiger partial charge in [0.1, 0.15) is 12.1 Å². The maximum Gasteiger partial charge on any atom is 0.408 e. The van der Waals surface area contributed by atoms with E-state index in [-0.39, 0.29) is 26.2 Å². The van der Waals surface area contributed by atoms with Gasteiger partial charge in [-0.1, -0.05) is 0 Å². The number of ether oxygens (including phenoxy) is 1. The van der Waals surface area contributed by atoms with Crippen LogP contribution in [0.5, 0.6) is 0 Å². The van der Waals surface area contributed by atoms with Crippen molar-refractivity contribution in [3.8, 4) is 0 Å². The Kier molecular flexibility index (Phi) is 7.30. The van der Waals surface area contributed by atoms with E-state index in [2.05, 4.69) is 10.6 Å². The summed E-state index contributed by atoms with van der Waals surface area (Å²) < 4.78 is 4.95. The fraction of sp³-hybridized carbons (Fsp3) is 0.818. The van der Waals surface area contributed by atoms with Crippen molar-refractivity contribution in [1.29, 1.82) is 0 Å². The number of alkyl carbamates (subject to hydrolysis) is 1. The number of rotatable bonds is 6. The van der Waals surface area contributed by atoms with Crippen molar-refractivity contribution in [3.05, 3.63) is 0 Å². The summed E-state index contributed by atoms with van der Waals surface area (Å²) in [4.78, 5) is 22.6. The zero-order valence-electron chi connectivity index (χ0n) is 11.0. The van der Waals surface area contributed by atoms with Crippen LogP contribution in [-0.4, -0.2) is 53.6 Å². The highest BCUT2D eigenvalue weighted by Crippen LogP contribution is 2.05. The predicted octanol–water partition coefficient (Wildman–Crippen LogP) is -0.629. The highest BCUT2D eigenvalue weighted by molar-refractivity contribution is 5.82. The molecule has 0 aromatic rings. The maximum absolute atomic E-state index is 11.4. The summed E-state index contributed by atoms with van der Waals surface area (Å²) in [6.07, 6.45) is -0.422. The molecule has 18 heavy (non-hydrogen) atoms. The Balaban J connectivity index is 3.92. The SMILES string of the molecule is CC(C)(C)OC(=O)NCC(=O)N[C@H](CO)CCO. The molecule has 0 aromatic heterocycles. The van der Waals surface area contributed by atoms with Gasteiger partial charge in [-0.25, -0.2) is 4.79 Å². The van der Waals surface area contributed by atoms with Crippen molar-refractivity contribution in [2.75, 3.05) is 19.8 Å². The second-order valence-electron chi connectivity index (χ2n) is 4.81. The molecule has 0 spiro atoms. The first-order valence-electron chi connectivity index (χ1n) is 5.76. The smallest absolute Gasteiger partial charge is 0.408 e. The van der Waals surface area contributed by atoms with Crippen LogP contribution >= 0.6 is 0 Å². The summed E-state index contributed by atoms with van der Waals surface area (Å²) in [5, 5.41) is 22.3. The lowest BCUT2D eigenvalue weighted by atomic mass is 10.2. The zero-order valence-corrected chi connectivity index (χ0v) is 11.0. The van der Waals surface area contributed by atoms with Gasteiger partial charge >= 0.3 is 6.09 Å². The Bertz CT molecular complexity index is 275. The van der Waals surface area contributed by atoms with E-state index in [0.29, 0.717) is 0 Å². The molecule has 0 bridgehead atoms. The van der Waals surface area contributed by atoms with Crippen molar-refractivity contribution in [1.82, 2.24) is 10.6 Å². The van der Waals surface area contributed by atoms with Gasteiger partial charge in [0.15, 0.2) is 0 Å². The normalized spacial score (nSPS) is 12.7. The van der Waals surface area contributed by atoms with Crippen LogP contribution in [0.25, 0.3) is 0 Å². The van der Waals surface area contributed by atoms with E-state index >= 15 is 0 Å². The molecule has 4 N–H and O–H groups in total. The number of hydrogen-bond donors (Lipinski definition) is 4. The molecule has 0 aromatic carbocycles. The summed E-state index contributed by atoms with van der Waals surface area (Å²) >= 11 is 0. The van der Waals surface area contributed by atoms with E-state index in [4.69, 9.17) is 14.9 Å². The minimum Gasteiger partial charge on any atom is -0.444 e. The van der Waals surface area contributed by atoms with E-state index in [1.54, 1.807) is 20.8 Å². The molecule has 0 aliphatic carbocycles. The second kappa shape index (κ2) is 7.88. The van der Waals surface area contributed by atoms with Crippen molar-refractivity contribution in [2.45, 2.75) is 38.8 Å². The van der Waals surface area contributed by atoms with Crippen LogP contribution in [0.15, 0.2) is 0 Å². The topological polar surface area (TPSA) is 108 Å². The number of nitrogens with one attached hydrogen (secondary N) is 2. The number of aliphatic hydroxyl groups is 2. The van der Waals surface area contributed by atoms with Gasteiger partial charge in [-0.05, 0) is 27.2 Å². The van der Waals surface area contributed by atoms with Crippen LogP contribution in [0.4, 0.5) is 4.79 Å². The van der Waals surface area contributed by atoms with Gasteiger partial charge in [0, 0.05) is 6.61 Å². The molecule has 0 saturated carbocycles. The Morgan fingerprint density at radius 3 is 2.33 bits per heavy atom. The Hall–Kier alpha value is -1.34. The summed E-state index contributed by atoms with van der Waals surface area (Å²) in [5.74, 6) is -0.451. The number of amides is 2. The molecule has 106 valence electrons. The molecule has 0 rings (SSSR count). The molecule has 0 radical (unpaired) electrons. The minimum absolute atomic E-state index is 0.134.